The average Bonchev–Trinajstić information content (AvgIpc) is 1.60. The fourth-order valence-corrected chi connectivity index (χ4v) is 19.5. The third-order valence-electron chi connectivity index (χ3n) is 27.1. The van der Waals surface area contributed by atoms with E-state index in [0.717, 1.165) is 23.6 Å². The first-order valence-corrected chi connectivity index (χ1v) is 51.4. The number of carbonyl (C=O) groups excluding carboxylic acids is 6. The quantitative estimate of drug-likeness (QED) is 0.0146. The SMILES string of the molecule is CC(C)(C)C[C@]1(c2ccc(-c3ccns3)cc2)N=C(N)N([C@H](COC(=O)CC2(C(C)(F)F)CC2)c2ccc(Cl)c(-n3cncn3)c2)C1=O.CC(C)C[C@]1(c2ccc(-c3cnn(C(F)F)c3)cc2)N=C(N)N([C@H](COC(=O)CC2(C(F)(F)F)CC2)c2ccc(Cl)c(-n3cncn3)c2)C1=O.CC(F)C(C)(C)CC(=O)OC[C@H](c1ccc(Cl)c(-n2cncn2)c1)N1C(=O)[C@@](CC(C)(C)C)(c2ccc(C#CC(C)(C)S(C)(=O)=O)cc2)N=C1N. The van der Waals surface area contributed by atoms with Gasteiger partial charge in [0.2, 0.25) is 0 Å². The maximum atomic E-state index is 14.9. The lowest BCUT2D eigenvalue weighted by Gasteiger charge is -2.35. The largest absolute Gasteiger partial charge is 0.463 e. The normalized spacial score (nSPS) is 19.0. The molecule has 6 N–H and O–H groups in total. The van der Waals surface area contributed by atoms with Gasteiger partial charge >= 0.3 is 30.6 Å². The first-order chi connectivity index (χ1) is 69.7. The molecule has 1 unspecified atom stereocenters. The van der Waals surface area contributed by atoms with Gasteiger partial charge in [0.25, 0.3) is 23.6 Å². The Morgan fingerprint density at radius 3 is 1.23 bits per heavy atom. The lowest BCUT2D eigenvalue weighted by molar-refractivity contribution is -0.195. The summed E-state index contributed by atoms with van der Waals surface area (Å²) in [5.74, 6) is -1.61. The van der Waals surface area contributed by atoms with Crippen molar-refractivity contribution in [2.24, 2.45) is 65.2 Å². The van der Waals surface area contributed by atoms with Crippen LogP contribution < -0.4 is 17.2 Å². The number of nitrogens with zero attached hydrogens (tertiary/aromatic N) is 18. The van der Waals surface area contributed by atoms with E-state index in [1.165, 1.54) is 117 Å². The highest BCUT2D eigenvalue weighted by molar-refractivity contribution is 7.92. The number of guanidine groups is 3. The van der Waals surface area contributed by atoms with E-state index in [-0.39, 0.29) is 92.4 Å². The third-order valence-corrected chi connectivity index (χ3v) is 30.8. The molecule has 0 bridgehead atoms. The van der Waals surface area contributed by atoms with Gasteiger partial charge in [-0.3, -0.25) is 43.5 Å². The molecule has 2 fully saturated rings. The highest BCUT2D eigenvalue weighted by atomic mass is 35.5. The van der Waals surface area contributed by atoms with Crippen LogP contribution >= 0.6 is 46.3 Å². The van der Waals surface area contributed by atoms with Crippen molar-refractivity contribution >= 4 is 110 Å². The van der Waals surface area contributed by atoms with Gasteiger partial charge in [0.15, 0.2) is 44.3 Å². The van der Waals surface area contributed by atoms with E-state index in [4.69, 9.17) is 81.2 Å². The number of ether oxygens (including phenoxy) is 3. The Bertz CT molecular complexity index is 7040. The first kappa shape index (κ1) is 111. The molecule has 7 atom stereocenters. The second-order valence-corrected chi connectivity index (χ2v) is 46.7. The number of halogens is 11. The zero-order chi connectivity index (χ0) is 109. The van der Waals surface area contributed by atoms with Crippen molar-refractivity contribution in [2.45, 2.75) is 225 Å². The molecule has 3 aliphatic heterocycles. The van der Waals surface area contributed by atoms with E-state index >= 15 is 0 Å². The molecule has 8 heterocycles. The van der Waals surface area contributed by atoms with Crippen LogP contribution in [-0.4, -0.2) is 184 Å². The van der Waals surface area contributed by atoms with Crippen LogP contribution in [0.3, 0.4) is 0 Å². The second kappa shape index (κ2) is 42.9. The van der Waals surface area contributed by atoms with Crippen LogP contribution in [0.15, 0.2) is 205 Å². The van der Waals surface area contributed by atoms with Crippen LogP contribution in [0.4, 0.5) is 35.1 Å². The van der Waals surface area contributed by atoms with Gasteiger partial charge in [0, 0.05) is 40.6 Å². The molecule has 0 spiro atoms. The number of rotatable bonds is 34. The lowest BCUT2D eigenvalue weighted by atomic mass is 9.75. The van der Waals surface area contributed by atoms with Crippen molar-refractivity contribution < 1.29 is 86.5 Å². The summed E-state index contributed by atoms with van der Waals surface area (Å²) in [4.78, 5) is 115. The van der Waals surface area contributed by atoms with Crippen molar-refractivity contribution in [3.63, 3.8) is 0 Å². The third kappa shape index (κ3) is 24.4. The second-order valence-electron chi connectivity index (χ2n) is 42.0. The van der Waals surface area contributed by atoms with Crippen LogP contribution in [0.2, 0.25) is 15.1 Å². The Morgan fingerprint density at radius 1 is 0.503 bits per heavy atom. The van der Waals surface area contributed by atoms with E-state index in [0.29, 0.717) is 88.3 Å². The monoisotopic (exact) mass is 2150 g/mol. The predicted molar refractivity (Wildman–Crippen MR) is 545 cm³/mol. The number of amides is 3. The van der Waals surface area contributed by atoms with Gasteiger partial charge in [0.05, 0.1) is 86.0 Å². The van der Waals surface area contributed by atoms with Gasteiger partial charge in [-0.15, -0.1) is 0 Å². The summed E-state index contributed by atoms with van der Waals surface area (Å²) >= 11 is 20.9. The van der Waals surface area contributed by atoms with Crippen molar-refractivity contribution in [1.82, 2.24) is 73.1 Å². The molecule has 2 saturated carbocycles. The zero-order valence-corrected chi connectivity index (χ0v) is 88.2. The van der Waals surface area contributed by atoms with Crippen LogP contribution in [0.1, 0.15) is 225 Å². The summed E-state index contributed by atoms with van der Waals surface area (Å²) in [5, 5.41) is 17.2. The molecule has 3 amide bonds. The summed E-state index contributed by atoms with van der Waals surface area (Å²) < 4.78 is 159. The highest BCUT2D eigenvalue weighted by Gasteiger charge is 2.65. The van der Waals surface area contributed by atoms with E-state index in [1.54, 1.807) is 117 Å². The van der Waals surface area contributed by atoms with Gasteiger partial charge in [-0.05, 0) is 200 Å². The summed E-state index contributed by atoms with van der Waals surface area (Å²) in [6, 6.07) is 34.7. The maximum absolute atomic E-state index is 14.9. The van der Waals surface area contributed by atoms with Crippen LogP contribution in [0, 0.1) is 44.8 Å². The number of aliphatic imine (C=N–C) groups is 3. The Kier molecular flexibility index (Phi) is 32.1. The number of hydrogen-bond donors (Lipinski definition) is 3. The van der Waals surface area contributed by atoms with E-state index in [9.17, 15) is 72.3 Å². The lowest BCUT2D eigenvalue weighted by Crippen LogP contribution is -2.47. The molecule has 45 heteroatoms. The van der Waals surface area contributed by atoms with Crippen molar-refractivity contribution in [3.8, 4) is 50.5 Å². The Balaban J connectivity index is 0.000000176. The molecule has 790 valence electrons. The van der Waals surface area contributed by atoms with E-state index < -0.39 is 151 Å². The fourth-order valence-electron chi connectivity index (χ4n) is 18.1. The molecule has 11 aromatic rings. The molecule has 32 nitrogen and oxygen atoms in total. The summed E-state index contributed by atoms with van der Waals surface area (Å²) in [5.41, 5.74) is 17.0. The fraction of sp³-hybridized carbons (Fsp3) is 0.433. The number of nitrogens with two attached hydrogens (primary N) is 3. The van der Waals surface area contributed by atoms with Gasteiger partial charge in [0.1, 0.15) is 68.7 Å². The number of aromatic nitrogens is 12. The minimum atomic E-state index is -4.56. The van der Waals surface area contributed by atoms with E-state index in [1.807, 2.05) is 85.7 Å². The average molecular weight is 2160 g/mol. The topological polar surface area (TPSA) is 412 Å². The minimum absolute atomic E-state index is 0.0622. The predicted octanol–water partition coefficient (Wildman–Crippen LogP) is 19.5. The molecule has 0 saturated heterocycles. The highest BCUT2D eigenvalue weighted by Crippen LogP contribution is 2.61. The van der Waals surface area contributed by atoms with Crippen LogP contribution in [0.5, 0.6) is 0 Å². The molecule has 6 aromatic carbocycles. The van der Waals surface area contributed by atoms with Gasteiger partial charge < -0.3 is 31.4 Å². The maximum Gasteiger partial charge on any atom is 0.395 e. The standard InChI is InChI=1S/C37H46ClFN6O5S.C34H36ClF2N7O3S.C33H32ClF5N8O3/c1-24(39)35(5,6)19-31(46)50-20-30(26-12-15-28(38)29(18-26)44-23-41-22-42-44)45-32(47)37(43-33(45)40,21-34(2,3)4)27-13-10-25(11-14-27)16-17-36(7,8)51(9,48)49;1-31(2,3)18-34(23-8-5-21(6-9-23)27-11-14-41-48-27)29(46)44(30(38)42-34)26(17-47-28(45)16-33(12-13-33)32(4,36)37)22-7-10-24(35)25(15-22)43-20-39-19-40-43;1-19(2)12-32(23-6-3-20(4-7-23)22-14-42-45(15-22)29(35)36)28(49)47(30(40)44-32)26(16-50-27(48)13-31(9-10-31)33(37,38)39)21-5-8-24(34)25(11-21)46-18-41-17-43-46/h10-15,18,22-24,30H,19-21H2,1-9H3,(H2,40,43);5-11,14-15,19-20,26H,12-13,16-18H2,1-4H3,(H2,38,42);3-8,11,14-15,17-19,26,29H,9-10,12-13,16H2,1-2H3,(H2,40,44)/t24?,30-,37-;26-,34-;26-,32-/m111/s1. The molecule has 5 aliphatic rings. The summed E-state index contributed by atoms with van der Waals surface area (Å²) in [7, 11) is -3.43. The minimum Gasteiger partial charge on any atom is -0.463 e. The number of sulfone groups is 1. The Labute approximate surface area is 875 Å². The van der Waals surface area contributed by atoms with Gasteiger partial charge in [-0.25, -0.2) is 74.6 Å². The van der Waals surface area contributed by atoms with Crippen LogP contribution in [0.25, 0.3) is 38.6 Å². The van der Waals surface area contributed by atoms with Crippen molar-refractivity contribution in [2.75, 3.05) is 26.1 Å². The summed E-state index contributed by atoms with van der Waals surface area (Å²) in [6.07, 6.45) is 7.31. The van der Waals surface area contributed by atoms with Gasteiger partial charge in [-0.2, -0.15) is 42.3 Å². The summed E-state index contributed by atoms with van der Waals surface area (Å²) in [6.45, 7) is 20.3. The first-order valence-electron chi connectivity index (χ1n) is 47.6. The molecule has 16 rings (SSSR count). The van der Waals surface area contributed by atoms with Gasteiger partial charge in [-0.1, -0.05) is 195 Å². The molecule has 0 radical (unpaired) electrons. The molecule has 2 aliphatic carbocycles. The molecule has 149 heavy (non-hydrogen) atoms. The Hall–Kier alpha value is -13.4. The molecular weight excluding hydrogens is 2040 g/mol. The number of benzene rings is 6. The number of esters is 3. The number of alkyl halides is 8. The van der Waals surface area contributed by atoms with Crippen molar-refractivity contribution in [3.05, 3.63) is 244 Å². The number of hydrogen-bond acceptors (Lipinski definition) is 26. The smallest absolute Gasteiger partial charge is 0.395 e. The number of carbonyl (C=O) groups is 6. The Morgan fingerprint density at radius 2 is 0.886 bits per heavy atom. The molecular formula is C104H114Cl3F8N21O11S2. The van der Waals surface area contributed by atoms with Crippen LogP contribution in [-0.2, 0) is 69.4 Å². The molecule has 5 aromatic heterocycles. The van der Waals surface area contributed by atoms with Crippen molar-refractivity contribution in [1.29, 1.82) is 0 Å². The zero-order valence-electron chi connectivity index (χ0n) is 84.3. The van der Waals surface area contributed by atoms with E-state index in [2.05, 4.69) is 51.6 Å².